The quantitative estimate of drug-likeness (QED) is 0.516. The van der Waals surface area contributed by atoms with Gasteiger partial charge >= 0.3 is 0 Å². The summed E-state index contributed by atoms with van der Waals surface area (Å²) < 4.78 is 0.771. The Bertz CT molecular complexity index is 857. The van der Waals surface area contributed by atoms with Crippen molar-refractivity contribution in [1.82, 2.24) is 20.5 Å². The van der Waals surface area contributed by atoms with Crippen LogP contribution in [-0.2, 0) is 0 Å². The van der Waals surface area contributed by atoms with Gasteiger partial charge in [-0.2, -0.15) is 0 Å². The first-order valence-corrected chi connectivity index (χ1v) is 8.80. The van der Waals surface area contributed by atoms with Crippen LogP contribution in [0.25, 0.3) is 0 Å². The van der Waals surface area contributed by atoms with E-state index in [-0.39, 0.29) is 5.91 Å². The Balaban J connectivity index is 1.44. The van der Waals surface area contributed by atoms with Crippen LogP contribution < -0.4 is 16.0 Å². The van der Waals surface area contributed by atoms with Crippen LogP contribution in [0.4, 0.5) is 17.5 Å². The van der Waals surface area contributed by atoms with Crippen LogP contribution in [0.3, 0.4) is 0 Å². The van der Waals surface area contributed by atoms with E-state index in [1.165, 1.54) is 0 Å². The summed E-state index contributed by atoms with van der Waals surface area (Å²) in [5.74, 6) is 1.82. The Hall–Kier alpha value is -3.00. The first kappa shape index (κ1) is 17.8. The number of aromatic nitrogens is 3. The maximum atomic E-state index is 12.1. The first-order chi connectivity index (χ1) is 12.7. The minimum absolute atomic E-state index is 0.125. The van der Waals surface area contributed by atoms with Gasteiger partial charge in [0.15, 0.2) is 5.82 Å². The van der Waals surface area contributed by atoms with Crippen molar-refractivity contribution in [3.63, 3.8) is 0 Å². The monoisotopic (exact) mass is 412 g/mol. The van der Waals surface area contributed by atoms with Crippen molar-refractivity contribution < 1.29 is 4.79 Å². The molecule has 0 spiro atoms. The van der Waals surface area contributed by atoms with Crippen molar-refractivity contribution in [2.45, 2.75) is 0 Å². The molecule has 2 aromatic heterocycles. The average molecular weight is 413 g/mol. The summed E-state index contributed by atoms with van der Waals surface area (Å²) >= 11 is 3.37. The first-order valence-electron chi connectivity index (χ1n) is 8.01. The topological polar surface area (TPSA) is 91.8 Å². The lowest BCUT2D eigenvalue weighted by Gasteiger charge is -2.09. The number of anilines is 3. The summed E-state index contributed by atoms with van der Waals surface area (Å²) in [5.41, 5.74) is 0.609. The van der Waals surface area contributed by atoms with E-state index in [0.29, 0.717) is 36.1 Å². The van der Waals surface area contributed by atoms with E-state index in [2.05, 4.69) is 47.1 Å². The number of hydrogen-bond acceptors (Lipinski definition) is 6. The zero-order valence-electron chi connectivity index (χ0n) is 13.8. The van der Waals surface area contributed by atoms with Crippen LogP contribution in [-0.4, -0.2) is 34.2 Å². The van der Waals surface area contributed by atoms with Crippen LogP contribution in [0.5, 0.6) is 0 Å². The maximum Gasteiger partial charge on any atom is 0.252 e. The van der Waals surface area contributed by atoms with E-state index in [1.54, 1.807) is 12.3 Å². The number of nitrogens with one attached hydrogen (secondary N) is 3. The second-order valence-corrected chi connectivity index (χ2v) is 6.16. The second-order valence-electron chi connectivity index (χ2n) is 5.31. The third-order valence-corrected chi connectivity index (χ3v) is 4.11. The summed E-state index contributed by atoms with van der Waals surface area (Å²) in [6.07, 6.45) is 1.70. The van der Waals surface area contributed by atoms with E-state index in [1.807, 2.05) is 48.5 Å². The fourth-order valence-electron chi connectivity index (χ4n) is 2.17. The number of carbonyl (C=O) groups excluding carboxylic acids is 1. The molecule has 0 radical (unpaired) electrons. The minimum Gasteiger partial charge on any atom is -0.367 e. The molecule has 3 aromatic rings. The molecule has 3 rings (SSSR count). The van der Waals surface area contributed by atoms with Gasteiger partial charge in [0.2, 0.25) is 0 Å². The van der Waals surface area contributed by atoms with Crippen LogP contribution in [0.2, 0.25) is 0 Å². The van der Waals surface area contributed by atoms with E-state index in [4.69, 9.17) is 0 Å². The molecule has 0 unspecified atom stereocenters. The number of halogens is 1. The molecule has 3 N–H and O–H groups in total. The van der Waals surface area contributed by atoms with Crippen molar-refractivity contribution in [2.24, 2.45) is 0 Å². The highest BCUT2D eigenvalue weighted by molar-refractivity contribution is 9.10. The van der Waals surface area contributed by atoms with Gasteiger partial charge in [-0.1, -0.05) is 18.2 Å². The Morgan fingerprint density at radius 2 is 1.65 bits per heavy atom. The molecule has 0 aliphatic rings. The predicted molar refractivity (Wildman–Crippen MR) is 105 cm³/mol. The number of benzene rings is 1. The molecule has 1 aromatic carbocycles. The van der Waals surface area contributed by atoms with Gasteiger partial charge in [-0.05, 0) is 52.3 Å². The molecule has 132 valence electrons. The third-order valence-electron chi connectivity index (χ3n) is 3.42. The predicted octanol–water partition coefficient (Wildman–Crippen LogP) is 3.22. The molecule has 26 heavy (non-hydrogen) atoms. The van der Waals surface area contributed by atoms with Gasteiger partial charge in [0.05, 0.1) is 5.56 Å². The van der Waals surface area contributed by atoms with Crippen LogP contribution in [0.15, 0.2) is 65.3 Å². The molecule has 0 aliphatic carbocycles. The number of pyridine rings is 1. The second kappa shape index (κ2) is 8.91. The largest absolute Gasteiger partial charge is 0.367 e. The van der Waals surface area contributed by atoms with Crippen molar-refractivity contribution in [2.75, 3.05) is 23.7 Å². The van der Waals surface area contributed by atoms with Crippen molar-refractivity contribution in [1.29, 1.82) is 0 Å². The highest BCUT2D eigenvalue weighted by atomic mass is 79.9. The normalized spacial score (nSPS) is 10.2. The Morgan fingerprint density at radius 1 is 0.885 bits per heavy atom. The molecule has 0 aliphatic heterocycles. The molecule has 0 bridgehead atoms. The van der Waals surface area contributed by atoms with E-state index < -0.39 is 0 Å². The molecule has 1 amide bonds. The van der Waals surface area contributed by atoms with Crippen LogP contribution in [0.1, 0.15) is 10.4 Å². The summed E-state index contributed by atoms with van der Waals surface area (Å²) in [6, 6.07) is 16.5. The van der Waals surface area contributed by atoms with E-state index >= 15 is 0 Å². The third kappa shape index (κ3) is 5.00. The van der Waals surface area contributed by atoms with Crippen LogP contribution >= 0.6 is 15.9 Å². The maximum absolute atomic E-state index is 12.1. The molecule has 7 nitrogen and oxygen atoms in total. The van der Waals surface area contributed by atoms with Gasteiger partial charge in [-0.15, -0.1) is 10.2 Å². The summed E-state index contributed by atoms with van der Waals surface area (Å²) in [7, 11) is 0. The van der Waals surface area contributed by atoms with Gasteiger partial charge in [-0.3, -0.25) is 4.79 Å². The molecule has 8 heteroatoms. The Kier molecular flexibility index (Phi) is 6.10. The average Bonchev–Trinajstić information content (AvgIpc) is 2.67. The highest BCUT2D eigenvalue weighted by Gasteiger charge is 2.08. The van der Waals surface area contributed by atoms with Crippen LogP contribution in [0, 0.1) is 0 Å². The fraction of sp³-hybridized carbons (Fsp3) is 0.111. The minimum atomic E-state index is -0.125. The number of rotatable bonds is 7. The van der Waals surface area contributed by atoms with Gasteiger partial charge in [-0.25, -0.2) is 4.98 Å². The van der Waals surface area contributed by atoms with Gasteiger partial charge in [0, 0.05) is 23.8 Å². The summed E-state index contributed by atoms with van der Waals surface area (Å²) in [5, 5.41) is 17.2. The molecule has 0 atom stereocenters. The lowest BCUT2D eigenvalue weighted by molar-refractivity contribution is 0.0954. The Morgan fingerprint density at radius 3 is 2.38 bits per heavy atom. The van der Waals surface area contributed by atoms with Crippen molar-refractivity contribution in [3.05, 3.63) is 70.8 Å². The Labute approximate surface area is 159 Å². The SMILES string of the molecule is O=C(NCCNc1ccc(Nc2ccccn2)nn1)c1ccccc1Br. The summed E-state index contributed by atoms with van der Waals surface area (Å²) in [4.78, 5) is 16.3. The van der Waals surface area contributed by atoms with Crippen molar-refractivity contribution >= 4 is 39.3 Å². The molecule has 0 saturated heterocycles. The van der Waals surface area contributed by atoms with Gasteiger partial charge < -0.3 is 16.0 Å². The van der Waals surface area contributed by atoms with Gasteiger partial charge in [0.1, 0.15) is 11.6 Å². The number of hydrogen-bond donors (Lipinski definition) is 3. The zero-order valence-corrected chi connectivity index (χ0v) is 15.4. The summed E-state index contributed by atoms with van der Waals surface area (Å²) in [6.45, 7) is 1.01. The zero-order chi connectivity index (χ0) is 18.2. The smallest absolute Gasteiger partial charge is 0.252 e. The lowest BCUT2D eigenvalue weighted by atomic mass is 10.2. The molecule has 0 fully saturated rings. The molecular weight excluding hydrogens is 396 g/mol. The number of carbonyl (C=O) groups is 1. The van der Waals surface area contributed by atoms with Crippen molar-refractivity contribution in [3.8, 4) is 0 Å². The molecular formula is C18H17BrN6O. The van der Waals surface area contributed by atoms with Gasteiger partial charge in [0.25, 0.3) is 5.91 Å². The van der Waals surface area contributed by atoms with E-state index in [9.17, 15) is 4.79 Å². The number of amides is 1. The molecule has 2 heterocycles. The fourth-order valence-corrected chi connectivity index (χ4v) is 2.63. The standard InChI is InChI=1S/C18H17BrN6O/c19-14-6-2-1-5-13(14)18(26)22-12-11-21-16-8-9-17(25-24-16)23-15-7-3-4-10-20-15/h1-10H,11-12H2,(H,21,24)(H,22,26)(H,20,23,25). The number of nitrogens with zero attached hydrogens (tertiary/aromatic N) is 3. The highest BCUT2D eigenvalue weighted by Crippen LogP contribution is 2.15. The lowest BCUT2D eigenvalue weighted by Crippen LogP contribution is -2.29. The molecule has 0 saturated carbocycles. The van der Waals surface area contributed by atoms with E-state index in [0.717, 1.165) is 4.47 Å².